The van der Waals surface area contributed by atoms with E-state index in [4.69, 9.17) is 0 Å². The van der Waals surface area contributed by atoms with Crippen molar-refractivity contribution in [2.45, 2.75) is 20.3 Å². The SMILES string of the molecule is Cc1cc(C(=O)NCCCNS(C)(=O)=O)c(C)n1-c1ccccc1. The lowest BCUT2D eigenvalue weighted by Gasteiger charge is -2.10. The van der Waals surface area contributed by atoms with Crippen LogP contribution < -0.4 is 10.0 Å². The molecule has 1 aromatic carbocycles. The summed E-state index contributed by atoms with van der Waals surface area (Å²) in [5, 5.41) is 2.83. The number of rotatable bonds is 7. The number of hydrogen-bond donors (Lipinski definition) is 2. The normalized spacial score (nSPS) is 11.5. The zero-order valence-corrected chi connectivity index (χ0v) is 15.0. The van der Waals surface area contributed by atoms with E-state index in [9.17, 15) is 13.2 Å². The molecule has 1 aromatic heterocycles. The fourth-order valence-corrected chi connectivity index (χ4v) is 3.13. The Balaban J connectivity index is 2.01. The summed E-state index contributed by atoms with van der Waals surface area (Å²) in [6, 6.07) is 11.7. The third-order valence-corrected chi connectivity index (χ3v) is 4.42. The second kappa shape index (κ2) is 7.63. The molecular formula is C17H23N3O3S. The average Bonchev–Trinajstić information content (AvgIpc) is 2.81. The van der Waals surface area contributed by atoms with E-state index < -0.39 is 10.0 Å². The highest BCUT2D eigenvalue weighted by Gasteiger charge is 2.16. The molecule has 1 amide bonds. The van der Waals surface area contributed by atoms with Crippen molar-refractivity contribution in [2.75, 3.05) is 19.3 Å². The number of aromatic nitrogens is 1. The lowest BCUT2D eigenvalue weighted by Crippen LogP contribution is -2.29. The molecule has 0 unspecified atom stereocenters. The molecule has 2 aromatic rings. The Morgan fingerprint density at radius 3 is 2.42 bits per heavy atom. The molecule has 0 radical (unpaired) electrons. The lowest BCUT2D eigenvalue weighted by atomic mass is 10.2. The summed E-state index contributed by atoms with van der Waals surface area (Å²) in [6.45, 7) is 4.60. The van der Waals surface area contributed by atoms with Gasteiger partial charge in [0.2, 0.25) is 10.0 Å². The van der Waals surface area contributed by atoms with E-state index in [-0.39, 0.29) is 5.91 Å². The quantitative estimate of drug-likeness (QED) is 0.748. The van der Waals surface area contributed by atoms with Gasteiger partial charge in [-0.3, -0.25) is 4.79 Å². The average molecular weight is 349 g/mol. The highest BCUT2D eigenvalue weighted by molar-refractivity contribution is 7.88. The van der Waals surface area contributed by atoms with Crippen molar-refractivity contribution in [3.63, 3.8) is 0 Å². The standard InChI is InChI=1S/C17H23N3O3S/c1-13-12-16(14(2)20(13)15-8-5-4-6-9-15)17(21)18-10-7-11-19-24(3,22)23/h4-6,8-9,12,19H,7,10-11H2,1-3H3,(H,18,21). The summed E-state index contributed by atoms with van der Waals surface area (Å²) in [5.74, 6) is -0.148. The summed E-state index contributed by atoms with van der Waals surface area (Å²) < 4.78 is 26.4. The number of amides is 1. The summed E-state index contributed by atoms with van der Waals surface area (Å²) in [5.41, 5.74) is 3.52. The van der Waals surface area contributed by atoms with Crippen molar-refractivity contribution in [2.24, 2.45) is 0 Å². The van der Waals surface area contributed by atoms with Gasteiger partial charge < -0.3 is 9.88 Å². The molecule has 130 valence electrons. The van der Waals surface area contributed by atoms with Crippen LogP contribution in [0, 0.1) is 13.8 Å². The van der Waals surface area contributed by atoms with Crippen LogP contribution in [0.3, 0.4) is 0 Å². The monoisotopic (exact) mass is 349 g/mol. The molecule has 0 saturated carbocycles. The molecule has 2 N–H and O–H groups in total. The fourth-order valence-electron chi connectivity index (χ4n) is 2.61. The number of carbonyl (C=O) groups is 1. The lowest BCUT2D eigenvalue weighted by molar-refractivity contribution is 0.0953. The fraction of sp³-hybridized carbons (Fsp3) is 0.353. The highest BCUT2D eigenvalue weighted by atomic mass is 32.2. The molecule has 0 aliphatic heterocycles. The van der Waals surface area contributed by atoms with Crippen molar-refractivity contribution in [3.05, 3.63) is 53.3 Å². The van der Waals surface area contributed by atoms with E-state index in [1.165, 1.54) is 0 Å². The number of nitrogens with zero attached hydrogens (tertiary/aromatic N) is 1. The van der Waals surface area contributed by atoms with Gasteiger partial charge in [0.25, 0.3) is 5.91 Å². The van der Waals surface area contributed by atoms with Crippen LogP contribution in [0.5, 0.6) is 0 Å². The minimum Gasteiger partial charge on any atom is -0.352 e. The van der Waals surface area contributed by atoms with Crippen LogP contribution in [0.25, 0.3) is 5.69 Å². The number of benzene rings is 1. The van der Waals surface area contributed by atoms with Crippen LogP contribution in [0.15, 0.2) is 36.4 Å². The minimum atomic E-state index is -3.18. The van der Waals surface area contributed by atoms with E-state index >= 15 is 0 Å². The van der Waals surface area contributed by atoms with E-state index in [1.54, 1.807) is 0 Å². The van der Waals surface area contributed by atoms with Crippen LogP contribution in [0.1, 0.15) is 28.2 Å². The Morgan fingerprint density at radius 2 is 1.79 bits per heavy atom. The second-order valence-electron chi connectivity index (χ2n) is 5.73. The molecule has 0 fully saturated rings. The zero-order valence-electron chi connectivity index (χ0n) is 14.2. The number of nitrogens with one attached hydrogen (secondary N) is 2. The Hall–Kier alpha value is -2.12. The molecular weight excluding hydrogens is 326 g/mol. The molecule has 0 atom stereocenters. The maximum atomic E-state index is 12.4. The van der Waals surface area contributed by atoms with Gasteiger partial charge in [0.05, 0.1) is 11.8 Å². The van der Waals surface area contributed by atoms with Crippen molar-refractivity contribution in [1.29, 1.82) is 0 Å². The predicted molar refractivity (Wildman–Crippen MR) is 95.0 cm³/mol. The maximum Gasteiger partial charge on any atom is 0.253 e. The van der Waals surface area contributed by atoms with Gasteiger partial charge in [0.15, 0.2) is 0 Å². The molecule has 1 heterocycles. The number of hydrogen-bond acceptors (Lipinski definition) is 3. The molecule has 0 aliphatic rings. The molecule has 2 rings (SSSR count). The Bertz CT molecular complexity index is 811. The number of aryl methyl sites for hydroxylation is 1. The topological polar surface area (TPSA) is 80.2 Å². The van der Waals surface area contributed by atoms with Crippen LogP contribution in [-0.2, 0) is 10.0 Å². The first-order chi connectivity index (χ1) is 11.3. The van der Waals surface area contributed by atoms with Crippen LogP contribution in [0.4, 0.5) is 0 Å². The van der Waals surface area contributed by atoms with Crippen molar-refractivity contribution < 1.29 is 13.2 Å². The van der Waals surface area contributed by atoms with E-state index in [0.717, 1.165) is 23.3 Å². The maximum absolute atomic E-state index is 12.4. The molecule has 0 spiro atoms. The molecule has 7 heteroatoms. The van der Waals surface area contributed by atoms with Crippen LogP contribution in [0.2, 0.25) is 0 Å². The van der Waals surface area contributed by atoms with Gasteiger partial charge in [-0.25, -0.2) is 13.1 Å². The largest absolute Gasteiger partial charge is 0.352 e. The van der Waals surface area contributed by atoms with Gasteiger partial charge in [0, 0.05) is 30.2 Å². The Kier molecular flexibility index (Phi) is 5.80. The van der Waals surface area contributed by atoms with Gasteiger partial charge in [-0.2, -0.15) is 0 Å². The van der Waals surface area contributed by atoms with Crippen LogP contribution in [-0.4, -0.2) is 38.2 Å². The van der Waals surface area contributed by atoms with Crippen molar-refractivity contribution in [3.8, 4) is 5.69 Å². The second-order valence-corrected chi connectivity index (χ2v) is 7.56. The minimum absolute atomic E-state index is 0.148. The molecule has 0 saturated heterocycles. The van der Waals surface area contributed by atoms with Crippen LogP contribution >= 0.6 is 0 Å². The highest BCUT2D eigenvalue weighted by Crippen LogP contribution is 2.20. The summed E-state index contributed by atoms with van der Waals surface area (Å²) in [4.78, 5) is 12.4. The smallest absolute Gasteiger partial charge is 0.253 e. The first-order valence-corrected chi connectivity index (χ1v) is 9.66. The Morgan fingerprint density at radius 1 is 1.12 bits per heavy atom. The zero-order chi connectivity index (χ0) is 17.7. The van der Waals surface area contributed by atoms with Gasteiger partial charge in [0.1, 0.15) is 0 Å². The van der Waals surface area contributed by atoms with E-state index in [1.807, 2.05) is 54.8 Å². The molecule has 24 heavy (non-hydrogen) atoms. The molecule has 0 aliphatic carbocycles. The predicted octanol–water partition coefficient (Wildman–Crippen LogP) is 1.76. The van der Waals surface area contributed by atoms with Gasteiger partial charge >= 0.3 is 0 Å². The number of carbonyl (C=O) groups excluding carboxylic acids is 1. The molecule has 0 bridgehead atoms. The van der Waals surface area contributed by atoms with Gasteiger partial charge in [-0.1, -0.05) is 18.2 Å². The first-order valence-electron chi connectivity index (χ1n) is 7.77. The van der Waals surface area contributed by atoms with Gasteiger partial charge in [-0.05, 0) is 38.5 Å². The van der Waals surface area contributed by atoms with E-state index in [2.05, 4.69) is 10.0 Å². The van der Waals surface area contributed by atoms with Crippen molar-refractivity contribution in [1.82, 2.24) is 14.6 Å². The number of sulfonamides is 1. The van der Waals surface area contributed by atoms with E-state index in [0.29, 0.717) is 25.1 Å². The first kappa shape index (κ1) is 18.2. The van der Waals surface area contributed by atoms with Crippen molar-refractivity contribution >= 4 is 15.9 Å². The third kappa shape index (κ3) is 4.69. The summed E-state index contributed by atoms with van der Waals surface area (Å²) >= 11 is 0. The number of para-hydroxylation sites is 1. The third-order valence-electron chi connectivity index (χ3n) is 3.69. The molecule has 6 nitrogen and oxygen atoms in total. The van der Waals surface area contributed by atoms with Gasteiger partial charge in [-0.15, -0.1) is 0 Å². The summed E-state index contributed by atoms with van der Waals surface area (Å²) in [6.07, 6.45) is 1.65. The Labute approximate surface area is 142 Å². The summed E-state index contributed by atoms with van der Waals surface area (Å²) in [7, 11) is -3.18.